The molecule has 5 rings (SSSR count). The summed E-state index contributed by atoms with van der Waals surface area (Å²) in [7, 11) is 1.69. The van der Waals surface area contributed by atoms with Gasteiger partial charge in [0.15, 0.2) is 0 Å². The van der Waals surface area contributed by atoms with Crippen molar-refractivity contribution in [3.63, 3.8) is 0 Å². The average molecular weight is 377 g/mol. The van der Waals surface area contributed by atoms with Gasteiger partial charge in [-0.1, -0.05) is 12.1 Å². The Bertz CT molecular complexity index is 1110. The molecule has 4 heterocycles. The molecule has 10 nitrogen and oxygen atoms in total. The van der Waals surface area contributed by atoms with Gasteiger partial charge >= 0.3 is 6.09 Å². The fourth-order valence-electron chi connectivity index (χ4n) is 3.71. The first-order chi connectivity index (χ1) is 13.5. The van der Waals surface area contributed by atoms with Gasteiger partial charge in [0.25, 0.3) is 5.91 Å². The third kappa shape index (κ3) is 2.42. The average Bonchev–Trinajstić information content (AvgIpc) is 3.36. The van der Waals surface area contributed by atoms with E-state index in [1.54, 1.807) is 13.2 Å². The highest BCUT2D eigenvalue weighted by molar-refractivity contribution is 5.99. The lowest BCUT2D eigenvalue weighted by molar-refractivity contribution is -0.125. The van der Waals surface area contributed by atoms with Gasteiger partial charge in [0.05, 0.1) is 18.8 Å². The summed E-state index contributed by atoms with van der Waals surface area (Å²) >= 11 is 0. The molecule has 1 unspecified atom stereocenters. The van der Waals surface area contributed by atoms with Gasteiger partial charge in [-0.3, -0.25) is 14.7 Å². The summed E-state index contributed by atoms with van der Waals surface area (Å²) in [6, 6.07) is 9.13. The summed E-state index contributed by atoms with van der Waals surface area (Å²) in [5.41, 5.74) is 9.57. The number of tetrazole rings is 1. The Kier molecular flexibility index (Phi) is 3.41. The molecule has 0 saturated carbocycles. The molecule has 2 amide bonds. The quantitative estimate of drug-likeness (QED) is 0.710. The molecule has 1 fully saturated rings. The van der Waals surface area contributed by atoms with Crippen molar-refractivity contribution < 1.29 is 14.3 Å². The first-order valence-electron chi connectivity index (χ1n) is 8.64. The van der Waals surface area contributed by atoms with E-state index in [4.69, 9.17) is 10.5 Å². The van der Waals surface area contributed by atoms with E-state index >= 15 is 0 Å². The van der Waals surface area contributed by atoms with Crippen molar-refractivity contribution in [2.45, 2.75) is 18.6 Å². The maximum Gasteiger partial charge on any atom is 0.415 e. The number of ether oxygens (including phenoxy) is 1. The Labute approximate surface area is 158 Å². The molecule has 28 heavy (non-hydrogen) atoms. The monoisotopic (exact) mass is 377 g/mol. The minimum atomic E-state index is -0.927. The molecule has 2 N–H and O–H groups in total. The Morgan fingerprint density at radius 1 is 1.25 bits per heavy atom. The molecule has 2 aromatic heterocycles. The number of hydrogen-bond donors (Lipinski definition) is 1. The second kappa shape index (κ2) is 5.84. The van der Waals surface area contributed by atoms with Crippen molar-refractivity contribution in [1.29, 1.82) is 0 Å². The number of hydrogen-bond acceptors (Lipinski definition) is 7. The Morgan fingerprint density at radius 2 is 2.07 bits per heavy atom. The van der Waals surface area contributed by atoms with Gasteiger partial charge in [0.2, 0.25) is 11.9 Å². The van der Waals surface area contributed by atoms with Gasteiger partial charge in [0.1, 0.15) is 5.69 Å². The molecular formula is C18H15N7O3. The Balaban J connectivity index is 1.45. The number of anilines is 1. The number of carbonyl (C=O) groups excluding carboxylic acids is 2. The normalized spacial score (nSPS) is 20.0. The van der Waals surface area contributed by atoms with Crippen LogP contribution in [0.2, 0.25) is 0 Å². The largest absolute Gasteiger partial charge is 0.433 e. The van der Waals surface area contributed by atoms with Crippen molar-refractivity contribution in [2.75, 3.05) is 4.90 Å². The number of aryl methyl sites for hydroxylation is 1. The van der Waals surface area contributed by atoms with Crippen molar-refractivity contribution in [2.24, 2.45) is 12.8 Å². The number of rotatable bonds is 3. The maximum absolute atomic E-state index is 12.1. The zero-order valence-corrected chi connectivity index (χ0v) is 14.8. The predicted molar refractivity (Wildman–Crippen MR) is 96.9 cm³/mol. The molecule has 0 radical (unpaired) electrons. The minimum Gasteiger partial charge on any atom is -0.433 e. The SMILES string of the molecule is Cn1nnc(-c2ccc(-c3ccc4c(c3)CC3[C@H](C(N)=O)OC(=O)N43)cn2)n1. The minimum absolute atomic E-state index is 0.390. The lowest BCUT2D eigenvalue weighted by Crippen LogP contribution is -2.40. The van der Waals surface area contributed by atoms with Crippen LogP contribution in [-0.4, -0.2) is 49.3 Å². The molecule has 0 aliphatic carbocycles. The topological polar surface area (TPSA) is 129 Å². The first-order valence-corrected chi connectivity index (χ1v) is 8.64. The molecule has 1 saturated heterocycles. The van der Waals surface area contributed by atoms with Crippen LogP contribution < -0.4 is 10.6 Å². The summed E-state index contributed by atoms with van der Waals surface area (Å²) in [6.07, 6.45) is 0.785. The highest BCUT2D eigenvalue weighted by Gasteiger charge is 2.49. The molecule has 1 aromatic carbocycles. The van der Waals surface area contributed by atoms with Crippen LogP contribution in [0.25, 0.3) is 22.6 Å². The third-order valence-electron chi connectivity index (χ3n) is 4.99. The lowest BCUT2D eigenvalue weighted by atomic mass is 10.0. The molecule has 2 atom stereocenters. The fraction of sp³-hybridized carbons (Fsp3) is 0.222. The highest BCUT2D eigenvalue weighted by atomic mass is 16.6. The molecule has 0 spiro atoms. The molecule has 2 aliphatic rings. The standard InChI is InChI=1S/C18H15N7O3/c1-24-22-17(21-23-24)12-4-2-10(8-20-12)9-3-5-13-11(6-9)7-14-15(16(19)26)28-18(27)25(13)14/h2-6,8,14-15H,7H2,1H3,(H2,19,26)/t14?,15-/m1/s1. The van der Waals surface area contributed by atoms with E-state index in [-0.39, 0.29) is 0 Å². The van der Waals surface area contributed by atoms with Crippen LogP contribution in [0.3, 0.4) is 0 Å². The van der Waals surface area contributed by atoms with Gasteiger partial charge < -0.3 is 10.5 Å². The molecule has 3 aromatic rings. The van der Waals surface area contributed by atoms with Crippen LogP contribution in [0.1, 0.15) is 5.56 Å². The summed E-state index contributed by atoms with van der Waals surface area (Å²) in [5.74, 6) is -0.175. The maximum atomic E-state index is 12.1. The van der Waals surface area contributed by atoms with E-state index in [1.807, 2.05) is 30.3 Å². The summed E-state index contributed by atoms with van der Waals surface area (Å²) < 4.78 is 5.10. The number of nitrogens with two attached hydrogens (primary N) is 1. The van der Waals surface area contributed by atoms with Gasteiger partial charge in [-0.25, -0.2) is 4.79 Å². The van der Waals surface area contributed by atoms with E-state index in [0.717, 1.165) is 22.4 Å². The highest BCUT2D eigenvalue weighted by Crippen LogP contribution is 2.40. The van der Waals surface area contributed by atoms with Crippen LogP contribution in [0.4, 0.5) is 10.5 Å². The number of aromatic nitrogens is 5. The fourth-order valence-corrected chi connectivity index (χ4v) is 3.71. The number of primary amides is 1. The van der Waals surface area contributed by atoms with Gasteiger partial charge in [0, 0.05) is 11.8 Å². The summed E-state index contributed by atoms with van der Waals surface area (Å²) in [5, 5.41) is 11.9. The number of nitrogens with zero attached hydrogens (tertiary/aromatic N) is 6. The van der Waals surface area contributed by atoms with E-state index < -0.39 is 24.1 Å². The smallest absolute Gasteiger partial charge is 0.415 e. The predicted octanol–water partition coefficient (Wildman–Crippen LogP) is 0.674. The summed E-state index contributed by atoms with van der Waals surface area (Å²) in [4.78, 5) is 31.0. The number of pyridine rings is 1. The van der Waals surface area contributed by atoms with E-state index in [2.05, 4.69) is 20.4 Å². The van der Waals surface area contributed by atoms with E-state index in [1.165, 1.54) is 9.70 Å². The van der Waals surface area contributed by atoms with Crippen LogP contribution in [-0.2, 0) is 23.0 Å². The number of carbonyl (C=O) groups is 2. The van der Waals surface area contributed by atoms with Crippen molar-refractivity contribution >= 4 is 17.7 Å². The zero-order valence-electron chi connectivity index (χ0n) is 14.8. The Hall–Kier alpha value is -3.82. The number of benzene rings is 1. The van der Waals surface area contributed by atoms with Gasteiger partial charge in [-0.05, 0) is 41.0 Å². The second-order valence-corrected chi connectivity index (χ2v) is 6.73. The first kappa shape index (κ1) is 16.4. The van der Waals surface area contributed by atoms with E-state index in [0.29, 0.717) is 17.9 Å². The number of fused-ring (bicyclic) bond motifs is 3. The number of cyclic esters (lactones) is 1. The molecule has 2 aliphatic heterocycles. The third-order valence-corrected chi connectivity index (χ3v) is 4.99. The molecular weight excluding hydrogens is 362 g/mol. The molecule has 0 bridgehead atoms. The Morgan fingerprint density at radius 3 is 2.75 bits per heavy atom. The lowest BCUT2D eigenvalue weighted by Gasteiger charge is -2.14. The van der Waals surface area contributed by atoms with Gasteiger partial charge in [-0.15, -0.1) is 10.2 Å². The van der Waals surface area contributed by atoms with Crippen molar-refractivity contribution in [1.82, 2.24) is 25.2 Å². The van der Waals surface area contributed by atoms with Crippen molar-refractivity contribution in [3.05, 3.63) is 42.1 Å². The van der Waals surface area contributed by atoms with Crippen LogP contribution in [0, 0.1) is 0 Å². The zero-order chi connectivity index (χ0) is 19.4. The van der Waals surface area contributed by atoms with Gasteiger partial charge in [-0.2, -0.15) is 4.80 Å². The number of amides is 2. The van der Waals surface area contributed by atoms with E-state index in [9.17, 15) is 9.59 Å². The molecule has 140 valence electrons. The summed E-state index contributed by atoms with van der Waals surface area (Å²) in [6.45, 7) is 0. The van der Waals surface area contributed by atoms with Crippen LogP contribution in [0.15, 0.2) is 36.5 Å². The second-order valence-electron chi connectivity index (χ2n) is 6.73. The van der Waals surface area contributed by atoms with Crippen molar-refractivity contribution in [3.8, 4) is 22.6 Å². The van der Waals surface area contributed by atoms with Crippen LogP contribution in [0.5, 0.6) is 0 Å². The molecule has 10 heteroatoms. The van der Waals surface area contributed by atoms with Crippen LogP contribution >= 0.6 is 0 Å².